The molecule has 2 aliphatic heterocycles. The van der Waals surface area contributed by atoms with E-state index in [1.807, 2.05) is 6.20 Å². The molecule has 14 aromatic rings. The molecule has 0 N–H and O–H groups in total. The smallest absolute Gasteiger partial charge is 0.137 e. The Labute approximate surface area is 533 Å². The summed E-state index contributed by atoms with van der Waals surface area (Å²) < 4.78 is 12.5. The summed E-state index contributed by atoms with van der Waals surface area (Å²) in [6, 6.07) is 89.8. The van der Waals surface area contributed by atoms with Crippen LogP contribution < -0.4 is 14.5 Å². The molecule has 0 amide bonds. The van der Waals surface area contributed by atoms with Crippen LogP contribution in [0.5, 0.6) is 11.5 Å². The SMILES string of the molecule is CC(C)c1cc(C(C)C)c(-c2cc(Oc3ccc4c5c6c(ccc5n(-c5cc(C(C)(C)C)ccn5)c4c3)-n3c4ccccc4c4cccc(c43)-c3ccccc3-6)cc(N3CN(c4c(-c5ccccc5)cccc4-c4ccccc4)c4ccccc43)c2)c(C(C)C)c1. The highest BCUT2D eigenvalue weighted by Gasteiger charge is 2.34. The van der Waals surface area contributed by atoms with E-state index in [0.29, 0.717) is 12.6 Å². The van der Waals surface area contributed by atoms with Crippen LogP contribution >= 0.6 is 0 Å². The van der Waals surface area contributed by atoms with Gasteiger partial charge in [0.15, 0.2) is 0 Å². The van der Waals surface area contributed by atoms with E-state index in [0.717, 1.165) is 62.0 Å². The molecule has 6 heteroatoms. The molecule has 11 aromatic carbocycles. The van der Waals surface area contributed by atoms with Crippen LogP contribution in [0.15, 0.2) is 249 Å². The molecule has 5 heterocycles. The first-order valence-electron chi connectivity index (χ1n) is 32.4. The van der Waals surface area contributed by atoms with Gasteiger partial charge in [-0.3, -0.25) is 4.57 Å². The van der Waals surface area contributed by atoms with Crippen molar-refractivity contribution in [2.24, 2.45) is 0 Å². The highest BCUT2D eigenvalue weighted by molar-refractivity contribution is 6.23. The number of hydrogen-bond donors (Lipinski definition) is 0. The second kappa shape index (κ2) is 21.7. The van der Waals surface area contributed by atoms with Gasteiger partial charge in [-0.2, -0.15) is 0 Å². The summed E-state index contributed by atoms with van der Waals surface area (Å²) in [5.41, 5.74) is 27.3. The van der Waals surface area contributed by atoms with Crippen molar-refractivity contribution >= 4 is 66.4 Å². The van der Waals surface area contributed by atoms with Crippen molar-refractivity contribution in [3.63, 3.8) is 0 Å². The molecule has 0 bridgehead atoms. The molecule has 6 nitrogen and oxygen atoms in total. The lowest BCUT2D eigenvalue weighted by Crippen LogP contribution is -2.25. The van der Waals surface area contributed by atoms with Gasteiger partial charge in [0.1, 0.15) is 24.0 Å². The van der Waals surface area contributed by atoms with Crippen LogP contribution in [0.4, 0.5) is 22.7 Å². The molecular weight excluding hydrogens is 1110 g/mol. The van der Waals surface area contributed by atoms with Crippen LogP contribution in [0.1, 0.15) is 102 Å². The number of rotatable bonds is 11. The Morgan fingerprint density at radius 1 is 0.407 bits per heavy atom. The molecule has 16 rings (SSSR count). The first-order valence-corrected chi connectivity index (χ1v) is 32.4. The zero-order valence-corrected chi connectivity index (χ0v) is 53.3. The van der Waals surface area contributed by atoms with Gasteiger partial charge < -0.3 is 19.1 Å². The third kappa shape index (κ3) is 9.16. The van der Waals surface area contributed by atoms with Gasteiger partial charge in [-0.1, -0.05) is 226 Å². The van der Waals surface area contributed by atoms with Crippen molar-refractivity contribution in [3.05, 3.63) is 271 Å². The van der Waals surface area contributed by atoms with Gasteiger partial charge in [0, 0.05) is 67.8 Å². The minimum Gasteiger partial charge on any atom is -0.457 e. The second-order valence-corrected chi connectivity index (χ2v) is 26.9. The Balaban J connectivity index is 0.921. The van der Waals surface area contributed by atoms with E-state index >= 15 is 0 Å². The first-order chi connectivity index (χ1) is 44.3. The highest BCUT2D eigenvalue weighted by Crippen LogP contribution is 2.54. The van der Waals surface area contributed by atoms with Gasteiger partial charge in [0.05, 0.1) is 44.8 Å². The number of benzene rings is 11. The predicted molar refractivity (Wildman–Crippen MR) is 383 cm³/mol. The maximum absolute atomic E-state index is 7.56. The average molecular weight is 1180 g/mol. The van der Waals surface area contributed by atoms with Crippen LogP contribution in [-0.2, 0) is 5.41 Å². The van der Waals surface area contributed by atoms with E-state index in [9.17, 15) is 0 Å². The topological polar surface area (TPSA) is 38.5 Å². The lowest BCUT2D eigenvalue weighted by Gasteiger charge is -2.28. The molecule has 91 heavy (non-hydrogen) atoms. The lowest BCUT2D eigenvalue weighted by molar-refractivity contribution is 0.483. The van der Waals surface area contributed by atoms with Crippen LogP contribution in [0.25, 0.3) is 111 Å². The quantitative estimate of drug-likeness (QED) is 0.129. The standard InChI is InChI=1S/C85H73N5O/c1-52(2)57-46-71(53(3)4)80(72(47-57)54(5)6)58-44-60(87-51-88(75-37-21-20-36-74(75)87)83-63(55-24-12-10-13-25-55)31-22-32-64(83)56-26-14-11-15-27-56)49-62(45-58)91-61-38-39-70-78(50-61)89(79-48-59(42-43-86-79)85(7,8)9)76-40-41-77-81(82(70)76)67-30-17-16-28-65(67)68-33-23-34-69-66-29-18-19-35-73(66)90(77)84(68)69/h10-50,52-54H,51H2,1-9H3. The summed E-state index contributed by atoms with van der Waals surface area (Å²) in [4.78, 5) is 10.3. The molecule has 0 fully saturated rings. The minimum atomic E-state index is -0.113. The van der Waals surface area contributed by atoms with Crippen molar-refractivity contribution < 1.29 is 4.74 Å². The molecule has 0 radical (unpaired) electrons. The number of hydrogen-bond acceptors (Lipinski definition) is 4. The van der Waals surface area contributed by atoms with E-state index in [2.05, 4.69) is 324 Å². The molecule has 0 aliphatic carbocycles. The maximum Gasteiger partial charge on any atom is 0.137 e. The Morgan fingerprint density at radius 2 is 1.02 bits per heavy atom. The fourth-order valence-corrected chi connectivity index (χ4v) is 14.8. The van der Waals surface area contributed by atoms with Crippen LogP contribution in [0.3, 0.4) is 0 Å². The molecule has 0 saturated carbocycles. The summed E-state index contributed by atoms with van der Waals surface area (Å²) in [5.74, 6) is 3.27. The summed E-state index contributed by atoms with van der Waals surface area (Å²) in [6.07, 6.45) is 1.98. The Morgan fingerprint density at radius 3 is 1.71 bits per heavy atom. The minimum absolute atomic E-state index is 0.113. The van der Waals surface area contributed by atoms with Crippen LogP contribution in [0, 0.1) is 0 Å². The molecule has 2 aliphatic rings. The normalized spacial score (nSPS) is 12.9. The van der Waals surface area contributed by atoms with Crippen molar-refractivity contribution in [2.45, 2.75) is 85.5 Å². The third-order valence-electron chi connectivity index (χ3n) is 19.2. The molecule has 444 valence electrons. The zero-order valence-electron chi connectivity index (χ0n) is 53.3. The number of fused-ring (bicyclic) bond motifs is 13. The summed E-state index contributed by atoms with van der Waals surface area (Å²) in [7, 11) is 0. The number of pyridine rings is 1. The second-order valence-electron chi connectivity index (χ2n) is 26.9. The summed E-state index contributed by atoms with van der Waals surface area (Å²) in [6.45, 7) is 21.4. The van der Waals surface area contributed by atoms with Crippen LogP contribution in [0.2, 0.25) is 0 Å². The average Bonchev–Trinajstić information content (AvgIpc) is 1.55. The monoisotopic (exact) mass is 1180 g/mol. The van der Waals surface area contributed by atoms with Gasteiger partial charge in [-0.05, 0) is 146 Å². The van der Waals surface area contributed by atoms with E-state index in [1.54, 1.807) is 0 Å². The number of para-hydroxylation sites is 5. The fourth-order valence-electron chi connectivity index (χ4n) is 14.8. The number of nitrogens with zero attached hydrogens (tertiary/aromatic N) is 5. The Bertz CT molecular complexity index is 5130. The molecule has 0 unspecified atom stereocenters. The van der Waals surface area contributed by atoms with Crippen molar-refractivity contribution in [1.82, 2.24) is 14.1 Å². The predicted octanol–water partition coefficient (Wildman–Crippen LogP) is 23.6. The Hall–Kier alpha value is -10.4. The molecule has 0 saturated heterocycles. The largest absolute Gasteiger partial charge is 0.457 e. The molecule has 3 aromatic heterocycles. The third-order valence-corrected chi connectivity index (χ3v) is 19.2. The zero-order chi connectivity index (χ0) is 62.0. The van der Waals surface area contributed by atoms with E-state index in [4.69, 9.17) is 9.72 Å². The van der Waals surface area contributed by atoms with Gasteiger partial charge in [0.25, 0.3) is 0 Å². The van der Waals surface area contributed by atoms with E-state index < -0.39 is 0 Å². The number of ether oxygens (including phenoxy) is 1. The fraction of sp³-hybridized carbons (Fsp3) is 0.165. The maximum atomic E-state index is 7.56. The Kier molecular flexibility index (Phi) is 13.3. The summed E-state index contributed by atoms with van der Waals surface area (Å²) in [5, 5.41) is 4.79. The van der Waals surface area contributed by atoms with Crippen molar-refractivity contribution in [1.29, 1.82) is 0 Å². The van der Waals surface area contributed by atoms with Crippen LogP contribution in [-0.4, -0.2) is 20.8 Å². The number of aromatic nitrogens is 3. The number of anilines is 4. The van der Waals surface area contributed by atoms with Crippen molar-refractivity contribution in [3.8, 4) is 78.6 Å². The molecule has 0 atom stereocenters. The highest BCUT2D eigenvalue weighted by atomic mass is 16.5. The van der Waals surface area contributed by atoms with Gasteiger partial charge >= 0.3 is 0 Å². The summed E-state index contributed by atoms with van der Waals surface area (Å²) >= 11 is 0. The molecule has 0 spiro atoms. The first kappa shape index (κ1) is 55.9. The van der Waals surface area contributed by atoms with Crippen molar-refractivity contribution in [2.75, 3.05) is 16.5 Å². The molecular formula is C85H73N5O. The van der Waals surface area contributed by atoms with E-state index in [1.165, 1.54) is 105 Å². The van der Waals surface area contributed by atoms with Gasteiger partial charge in [-0.25, -0.2) is 4.98 Å². The van der Waals surface area contributed by atoms with E-state index in [-0.39, 0.29) is 17.3 Å². The van der Waals surface area contributed by atoms with Gasteiger partial charge in [0.2, 0.25) is 0 Å². The van der Waals surface area contributed by atoms with Gasteiger partial charge in [-0.15, -0.1) is 0 Å². The lowest BCUT2D eigenvalue weighted by atomic mass is 9.81.